The summed E-state index contributed by atoms with van der Waals surface area (Å²) in [5.41, 5.74) is 1.23. The Bertz CT molecular complexity index is 751. The molecule has 0 N–H and O–H groups in total. The Balaban J connectivity index is 0.00000220. The molecule has 1 heterocycles. The van der Waals surface area contributed by atoms with Gasteiger partial charge in [-0.2, -0.15) is 0 Å². The van der Waals surface area contributed by atoms with Crippen molar-refractivity contribution in [1.82, 2.24) is 4.57 Å². The van der Waals surface area contributed by atoms with Crippen LogP contribution in [0.3, 0.4) is 0 Å². The van der Waals surface area contributed by atoms with Crippen molar-refractivity contribution in [2.45, 2.75) is 13.8 Å². The number of carboxylic acid groups (broad SMARTS) is 1. The molecule has 4 nitrogen and oxygen atoms in total. The van der Waals surface area contributed by atoms with Crippen molar-refractivity contribution in [3.63, 3.8) is 0 Å². The predicted octanol–water partition coefficient (Wildman–Crippen LogP) is -1.31. The quantitative estimate of drug-likeness (QED) is 0.647. The van der Waals surface area contributed by atoms with Gasteiger partial charge in [0.25, 0.3) is 0 Å². The molecule has 0 radical (unpaired) electrons. The molecule has 0 aliphatic carbocycles. The normalized spacial score (nSPS) is 10.1. The number of rotatable bonds is 2. The maximum absolute atomic E-state index is 12.4. The van der Waals surface area contributed by atoms with Gasteiger partial charge in [-0.05, 0) is 31.5 Å². The van der Waals surface area contributed by atoms with Crippen LogP contribution in [0.25, 0.3) is 11.1 Å². The van der Waals surface area contributed by atoms with Crippen LogP contribution < -0.4 is 40.1 Å². The number of aromatic nitrogens is 1. The average molecular weight is 314 g/mol. The van der Waals surface area contributed by atoms with Gasteiger partial charge in [0, 0.05) is 29.0 Å². The molecule has 6 heteroatoms. The number of hydrogen-bond donors (Lipinski definition) is 0. The Morgan fingerprint density at radius 2 is 1.67 bits per heavy atom. The summed E-state index contributed by atoms with van der Waals surface area (Å²) >= 11 is 5.83. The molecule has 104 valence electrons. The van der Waals surface area contributed by atoms with Gasteiger partial charge in [-0.3, -0.25) is 4.79 Å². The van der Waals surface area contributed by atoms with Gasteiger partial charge < -0.3 is 14.5 Å². The van der Waals surface area contributed by atoms with E-state index in [1.807, 2.05) is 0 Å². The van der Waals surface area contributed by atoms with E-state index in [2.05, 4.69) is 0 Å². The molecule has 0 saturated carbocycles. The Labute approximate surface area is 149 Å². The molecule has 0 amide bonds. The molecule has 0 unspecified atom stereocenters. The van der Waals surface area contributed by atoms with E-state index in [-0.39, 0.29) is 35.1 Å². The predicted molar refractivity (Wildman–Crippen MR) is 75.9 cm³/mol. The molecule has 1 aromatic heterocycles. The van der Waals surface area contributed by atoms with E-state index < -0.39 is 11.4 Å². The van der Waals surface area contributed by atoms with Crippen molar-refractivity contribution in [3.8, 4) is 11.1 Å². The van der Waals surface area contributed by atoms with E-state index >= 15 is 0 Å². The van der Waals surface area contributed by atoms with Gasteiger partial charge in [-0.15, -0.1) is 0 Å². The molecule has 2 rings (SSSR count). The number of carbonyl (C=O) groups excluding carboxylic acids is 1. The van der Waals surface area contributed by atoms with Crippen LogP contribution in [0.15, 0.2) is 29.1 Å². The number of nitrogens with zero attached hydrogens (tertiary/aromatic N) is 1. The second-order valence-electron chi connectivity index (χ2n) is 4.60. The fourth-order valence-electron chi connectivity index (χ4n) is 2.24. The second kappa shape index (κ2) is 6.79. The number of pyridine rings is 1. The molecule has 0 atom stereocenters. The zero-order valence-electron chi connectivity index (χ0n) is 12.4. The second-order valence-corrected chi connectivity index (χ2v) is 5.04. The topological polar surface area (TPSA) is 62.1 Å². The van der Waals surface area contributed by atoms with Crippen LogP contribution in [0, 0.1) is 13.8 Å². The molecule has 0 fully saturated rings. The van der Waals surface area contributed by atoms with Crippen LogP contribution >= 0.6 is 11.6 Å². The molecule has 1 aromatic carbocycles. The van der Waals surface area contributed by atoms with E-state index in [0.717, 1.165) is 0 Å². The number of aromatic carboxylic acids is 1. The fourth-order valence-corrected chi connectivity index (χ4v) is 2.36. The van der Waals surface area contributed by atoms with Crippen molar-refractivity contribution in [3.05, 3.63) is 56.5 Å². The number of carbonyl (C=O) groups is 1. The number of carboxylic acids is 1. The summed E-state index contributed by atoms with van der Waals surface area (Å²) in [7, 11) is 1.72. The fraction of sp³-hybridized carbons (Fsp3) is 0.200. The summed E-state index contributed by atoms with van der Waals surface area (Å²) in [6, 6.07) is 6.71. The van der Waals surface area contributed by atoms with E-state index in [0.29, 0.717) is 27.5 Å². The molecule has 0 aliphatic rings. The molecule has 0 spiro atoms. The Morgan fingerprint density at radius 1 is 1.14 bits per heavy atom. The van der Waals surface area contributed by atoms with E-state index in [1.165, 1.54) is 0 Å². The Kier molecular flexibility index (Phi) is 5.82. The van der Waals surface area contributed by atoms with Gasteiger partial charge in [0.05, 0.1) is 11.5 Å². The van der Waals surface area contributed by atoms with E-state index in [4.69, 9.17) is 11.6 Å². The minimum atomic E-state index is -1.46. The molecule has 2 aromatic rings. The van der Waals surface area contributed by atoms with Crippen LogP contribution in [0.1, 0.15) is 21.7 Å². The molecular weight excluding hydrogens is 301 g/mol. The van der Waals surface area contributed by atoms with Crippen LogP contribution in [0.5, 0.6) is 0 Å². The maximum atomic E-state index is 12.4. The largest absolute Gasteiger partial charge is 1.00 e. The van der Waals surface area contributed by atoms with Crippen molar-refractivity contribution in [2.24, 2.45) is 7.05 Å². The van der Waals surface area contributed by atoms with Crippen LogP contribution in [-0.4, -0.2) is 10.5 Å². The van der Waals surface area contributed by atoms with Crippen molar-refractivity contribution < 1.29 is 39.5 Å². The van der Waals surface area contributed by atoms with Gasteiger partial charge in [-0.25, -0.2) is 0 Å². The van der Waals surface area contributed by atoms with Gasteiger partial charge in [-0.1, -0.05) is 23.7 Å². The van der Waals surface area contributed by atoms with Crippen molar-refractivity contribution in [1.29, 1.82) is 0 Å². The van der Waals surface area contributed by atoms with Crippen LogP contribution in [0.2, 0.25) is 5.02 Å². The van der Waals surface area contributed by atoms with Crippen molar-refractivity contribution >= 4 is 17.6 Å². The van der Waals surface area contributed by atoms with Gasteiger partial charge >= 0.3 is 29.6 Å². The maximum Gasteiger partial charge on any atom is 1.00 e. The molecule has 0 saturated heterocycles. The summed E-state index contributed by atoms with van der Waals surface area (Å²) in [6.45, 7) is 3.36. The van der Waals surface area contributed by atoms with E-state index in [1.54, 1.807) is 49.7 Å². The smallest absolute Gasteiger partial charge is 0.545 e. The molecular formula is C15H13ClNNaO3. The summed E-state index contributed by atoms with van der Waals surface area (Å²) < 4.78 is 1.68. The third-order valence-electron chi connectivity index (χ3n) is 3.52. The standard InChI is InChI=1S/C15H14ClNO3.Na/c1-8-12(10-4-6-11(16)7-5-10)14(18)13(15(19)20)9(2)17(8)3;/h4-7H,1-3H3,(H,19,20);/q;+1/p-1. The first-order valence-corrected chi connectivity index (χ1v) is 6.40. The third kappa shape index (κ3) is 3.24. The zero-order valence-corrected chi connectivity index (χ0v) is 15.1. The average Bonchev–Trinajstić information content (AvgIpc) is 2.38. The molecule has 0 aliphatic heterocycles. The Hall–Kier alpha value is -1.07. The summed E-state index contributed by atoms with van der Waals surface area (Å²) in [5.74, 6) is -1.46. The van der Waals surface area contributed by atoms with Crippen LogP contribution in [0.4, 0.5) is 0 Å². The summed E-state index contributed by atoms with van der Waals surface area (Å²) in [4.78, 5) is 23.6. The number of benzene rings is 1. The van der Waals surface area contributed by atoms with E-state index in [9.17, 15) is 14.7 Å². The summed E-state index contributed by atoms with van der Waals surface area (Å²) in [6.07, 6.45) is 0. The minimum Gasteiger partial charge on any atom is -0.545 e. The number of hydrogen-bond acceptors (Lipinski definition) is 3. The Morgan fingerprint density at radius 3 is 2.14 bits per heavy atom. The minimum absolute atomic E-state index is 0. The third-order valence-corrected chi connectivity index (χ3v) is 3.77. The van der Waals surface area contributed by atoms with Gasteiger partial charge in [0.1, 0.15) is 0 Å². The van der Waals surface area contributed by atoms with Gasteiger partial charge in [0.15, 0.2) is 5.43 Å². The first-order valence-electron chi connectivity index (χ1n) is 6.02. The monoisotopic (exact) mass is 313 g/mol. The zero-order chi connectivity index (χ0) is 15.0. The van der Waals surface area contributed by atoms with Crippen LogP contribution in [-0.2, 0) is 7.05 Å². The number of halogens is 1. The molecule has 21 heavy (non-hydrogen) atoms. The van der Waals surface area contributed by atoms with Crippen molar-refractivity contribution in [2.75, 3.05) is 0 Å². The molecule has 0 bridgehead atoms. The van der Waals surface area contributed by atoms with Gasteiger partial charge in [0.2, 0.25) is 0 Å². The summed E-state index contributed by atoms with van der Waals surface area (Å²) in [5, 5.41) is 11.7. The first-order chi connectivity index (χ1) is 9.34. The SMILES string of the molecule is Cc1c(C(=O)[O-])c(=O)c(-c2ccc(Cl)cc2)c(C)n1C.[Na+]. The first kappa shape index (κ1) is 18.0.